The van der Waals surface area contributed by atoms with Gasteiger partial charge in [0.25, 0.3) is 0 Å². The molecule has 0 spiro atoms. The molecule has 0 saturated heterocycles. The van der Waals surface area contributed by atoms with Crippen LogP contribution in [0.2, 0.25) is 0 Å². The van der Waals surface area contributed by atoms with E-state index in [1.807, 2.05) is 0 Å². The van der Waals surface area contributed by atoms with Crippen LogP contribution in [-0.4, -0.2) is 6.61 Å². The van der Waals surface area contributed by atoms with Gasteiger partial charge in [0, 0.05) is 17.0 Å². The first-order valence-corrected chi connectivity index (χ1v) is 8.02. The summed E-state index contributed by atoms with van der Waals surface area (Å²) in [5.41, 5.74) is 9.22. The first kappa shape index (κ1) is 15.4. The monoisotopic (exact) mass is 275 g/mol. The lowest BCUT2D eigenvalue weighted by atomic mass is 9.82. The molecule has 2 N–H and O–H groups in total. The first-order valence-electron chi connectivity index (χ1n) is 8.02. The quantitative estimate of drug-likeness (QED) is 0.825. The molecule has 1 aromatic rings. The highest BCUT2D eigenvalue weighted by molar-refractivity contribution is 5.45. The third kappa shape index (κ3) is 3.01. The summed E-state index contributed by atoms with van der Waals surface area (Å²) < 4.78 is 5.76. The van der Waals surface area contributed by atoms with E-state index in [9.17, 15) is 0 Å². The summed E-state index contributed by atoms with van der Waals surface area (Å²) in [4.78, 5) is 0. The molecule has 0 radical (unpaired) electrons. The Morgan fingerprint density at radius 3 is 2.70 bits per heavy atom. The molecular formula is C18H29NO. The summed E-state index contributed by atoms with van der Waals surface area (Å²) in [6.45, 7) is 9.74. The minimum absolute atomic E-state index is 0.107. The van der Waals surface area contributed by atoms with Crippen LogP contribution in [-0.2, 0) is 5.41 Å². The fourth-order valence-corrected chi connectivity index (χ4v) is 3.12. The van der Waals surface area contributed by atoms with Gasteiger partial charge in [-0.15, -0.1) is 0 Å². The van der Waals surface area contributed by atoms with E-state index >= 15 is 0 Å². The van der Waals surface area contributed by atoms with Crippen LogP contribution >= 0.6 is 0 Å². The number of hydrogen-bond donors (Lipinski definition) is 1. The second-order valence-corrected chi connectivity index (χ2v) is 6.76. The number of ether oxygens (including phenoxy) is 1. The van der Waals surface area contributed by atoms with Crippen LogP contribution < -0.4 is 10.5 Å². The molecule has 0 aromatic heterocycles. The highest BCUT2D eigenvalue weighted by Crippen LogP contribution is 2.40. The zero-order valence-corrected chi connectivity index (χ0v) is 13.4. The summed E-state index contributed by atoms with van der Waals surface area (Å²) in [5.74, 6) is 1.62. The summed E-state index contributed by atoms with van der Waals surface area (Å²) in [7, 11) is 0. The summed E-state index contributed by atoms with van der Waals surface area (Å²) in [6, 6.07) is 6.68. The van der Waals surface area contributed by atoms with Gasteiger partial charge < -0.3 is 10.5 Å². The molecule has 2 unspecified atom stereocenters. The van der Waals surface area contributed by atoms with E-state index in [0.717, 1.165) is 18.8 Å². The Morgan fingerprint density at radius 1 is 1.30 bits per heavy atom. The molecule has 0 bridgehead atoms. The topological polar surface area (TPSA) is 35.2 Å². The lowest BCUT2D eigenvalue weighted by Gasteiger charge is -2.24. The minimum atomic E-state index is 0.107. The number of fused-ring (bicyclic) bond motifs is 1. The van der Waals surface area contributed by atoms with E-state index in [4.69, 9.17) is 10.5 Å². The molecule has 0 fully saturated rings. The maximum atomic E-state index is 6.53. The Morgan fingerprint density at radius 2 is 2.05 bits per heavy atom. The summed E-state index contributed by atoms with van der Waals surface area (Å²) in [5, 5.41) is 0. The molecular weight excluding hydrogens is 246 g/mol. The third-order valence-corrected chi connectivity index (χ3v) is 4.67. The van der Waals surface area contributed by atoms with Gasteiger partial charge in [-0.1, -0.05) is 53.0 Å². The Balaban J connectivity index is 2.20. The largest absolute Gasteiger partial charge is 0.492 e. The van der Waals surface area contributed by atoms with Gasteiger partial charge in [-0.25, -0.2) is 0 Å². The fourth-order valence-electron chi connectivity index (χ4n) is 3.12. The summed E-state index contributed by atoms with van der Waals surface area (Å²) in [6.07, 6.45) is 4.89. The Kier molecular flexibility index (Phi) is 4.74. The lowest BCUT2D eigenvalue weighted by Crippen LogP contribution is -2.22. The van der Waals surface area contributed by atoms with Gasteiger partial charge in [-0.05, 0) is 30.0 Å². The molecule has 2 atom stereocenters. The predicted molar refractivity (Wildman–Crippen MR) is 85.2 cm³/mol. The number of hydrogen-bond acceptors (Lipinski definition) is 2. The van der Waals surface area contributed by atoms with Crippen LogP contribution in [0.4, 0.5) is 0 Å². The van der Waals surface area contributed by atoms with Crippen molar-refractivity contribution in [3.8, 4) is 5.75 Å². The van der Waals surface area contributed by atoms with Crippen molar-refractivity contribution in [2.75, 3.05) is 6.61 Å². The highest BCUT2D eigenvalue weighted by Gasteiger charge is 2.32. The molecule has 20 heavy (non-hydrogen) atoms. The molecule has 2 nitrogen and oxygen atoms in total. The van der Waals surface area contributed by atoms with Gasteiger partial charge in [0.05, 0.1) is 6.61 Å². The van der Waals surface area contributed by atoms with Crippen molar-refractivity contribution in [1.82, 2.24) is 0 Å². The average Bonchev–Trinajstić information content (AvgIpc) is 2.75. The SMILES string of the molecule is CCCCC(CC)C(N)c1ccc2c(c1)C(C)(C)CO2. The van der Waals surface area contributed by atoms with Crippen molar-refractivity contribution < 1.29 is 4.74 Å². The van der Waals surface area contributed by atoms with E-state index in [1.165, 1.54) is 30.4 Å². The van der Waals surface area contributed by atoms with E-state index in [0.29, 0.717) is 5.92 Å². The van der Waals surface area contributed by atoms with Crippen molar-refractivity contribution in [1.29, 1.82) is 0 Å². The molecule has 0 aliphatic carbocycles. The van der Waals surface area contributed by atoms with Gasteiger partial charge >= 0.3 is 0 Å². The first-order chi connectivity index (χ1) is 9.49. The van der Waals surface area contributed by atoms with Gasteiger partial charge in [-0.2, -0.15) is 0 Å². The van der Waals surface area contributed by atoms with Crippen LogP contribution in [0, 0.1) is 5.92 Å². The molecule has 2 rings (SSSR count). The highest BCUT2D eigenvalue weighted by atomic mass is 16.5. The van der Waals surface area contributed by atoms with Crippen molar-refractivity contribution in [3.05, 3.63) is 29.3 Å². The number of unbranched alkanes of at least 4 members (excludes halogenated alkanes) is 1. The summed E-state index contributed by atoms with van der Waals surface area (Å²) >= 11 is 0. The Labute approximate surface area is 123 Å². The second-order valence-electron chi connectivity index (χ2n) is 6.76. The molecule has 1 aliphatic rings. The molecule has 0 amide bonds. The molecule has 1 heterocycles. The van der Waals surface area contributed by atoms with E-state index in [2.05, 4.69) is 45.9 Å². The maximum absolute atomic E-state index is 6.53. The molecule has 0 saturated carbocycles. The molecule has 112 valence electrons. The van der Waals surface area contributed by atoms with Crippen LogP contribution in [0.1, 0.15) is 70.5 Å². The number of benzene rings is 1. The zero-order valence-electron chi connectivity index (χ0n) is 13.4. The van der Waals surface area contributed by atoms with E-state index in [-0.39, 0.29) is 11.5 Å². The predicted octanol–water partition coefficient (Wildman–Crippen LogP) is 4.57. The van der Waals surface area contributed by atoms with Crippen molar-refractivity contribution in [2.24, 2.45) is 11.7 Å². The van der Waals surface area contributed by atoms with Crippen LogP contribution in [0.15, 0.2) is 18.2 Å². The van der Waals surface area contributed by atoms with Gasteiger partial charge in [-0.3, -0.25) is 0 Å². The van der Waals surface area contributed by atoms with Gasteiger partial charge in [0.15, 0.2) is 0 Å². The Hall–Kier alpha value is -1.02. The fraction of sp³-hybridized carbons (Fsp3) is 0.667. The number of nitrogens with two attached hydrogens (primary N) is 1. The second kappa shape index (κ2) is 6.17. The van der Waals surface area contributed by atoms with Gasteiger partial charge in [0.1, 0.15) is 5.75 Å². The van der Waals surface area contributed by atoms with Gasteiger partial charge in [0.2, 0.25) is 0 Å². The van der Waals surface area contributed by atoms with Crippen LogP contribution in [0.25, 0.3) is 0 Å². The molecule has 2 heteroatoms. The Bertz CT molecular complexity index is 453. The smallest absolute Gasteiger partial charge is 0.123 e. The van der Waals surface area contributed by atoms with Crippen molar-refractivity contribution >= 4 is 0 Å². The van der Waals surface area contributed by atoms with Crippen molar-refractivity contribution in [2.45, 2.75) is 64.8 Å². The normalized spacial score (nSPS) is 19.2. The molecule has 1 aliphatic heterocycles. The number of rotatable bonds is 6. The van der Waals surface area contributed by atoms with Crippen molar-refractivity contribution in [3.63, 3.8) is 0 Å². The van der Waals surface area contributed by atoms with Crippen LogP contribution in [0.3, 0.4) is 0 Å². The van der Waals surface area contributed by atoms with Crippen LogP contribution in [0.5, 0.6) is 5.75 Å². The minimum Gasteiger partial charge on any atom is -0.492 e. The third-order valence-electron chi connectivity index (χ3n) is 4.67. The molecule has 1 aromatic carbocycles. The van der Waals surface area contributed by atoms with E-state index in [1.54, 1.807) is 0 Å². The maximum Gasteiger partial charge on any atom is 0.123 e. The zero-order chi connectivity index (χ0) is 14.8. The standard InChI is InChI=1S/C18H29NO/c1-5-7-8-13(6-2)17(19)14-9-10-16-15(11-14)18(3,4)12-20-16/h9-11,13,17H,5-8,12,19H2,1-4H3. The average molecular weight is 275 g/mol. The van der Waals surface area contributed by atoms with E-state index < -0.39 is 0 Å². The lowest BCUT2D eigenvalue weighted by molar-refractivity contribution is 0.291.